The number of alkyl halides is 2. The van der Waals surface area contributed by atoms with Crippen LogP contribution in [0.15, 0.2) is 22.9 Å². The molecule has 1 atom stereocenters. The second kappa shape index (κ2) is 3.54. The fourth-order valence-corrected chi connectivity index (χ4v) is 2.55. The molecule has 0 aromatic carbocycles. The predicted molar refractivity (Wildman–Crippen MR) is 57.5 cm³/mol. The zero-order chi connectivity index (χ0) is 10.3. The molecule has 0 aromatic heterocycles. The summed E-state index contributed by atoms with van der Waals surface area (Å²) in [6.45, 7) is 5.43. The highest BCUT2D eigenvalue weighted by Crippen LogP contribution is 2.50. The van der Waals surface area contributed by atoms with Crippen molar-refractivity contribution in [3.8, 4) is 0 Å². The Hall–Kier alpha value is 0.440. The predicted octanol–water partition coefficient (Wildman–Crippen LogP) is 4.17. The average Bonchev–Trinajstić information content (AvgIpc) is 2.22. The third-order valence-electron chi connectivity index (χ3n) is 1.84. The van der Waals surface area contributed by atoms with E-state index in [2.05, 4.69) is 6.58 Å². The van der Waals surface area contributed by atoms with Crippen LogP contribution in [-0.4, -0.2) is 9.93 Å². The topological polar surface area (TPSA) is 9.23 Å². The molecule has 0 aliphatic carbocycles. The first-order valence-corrected chi connectivity index (χ1v) is 5.08. The number of rotatable bonds is 1. The van der Waals surface area contributed by atoms with Gasteiger partial charge in [0.05, 0.1) is 0 Å². The smallest absolute Gasteiger partial charge is 0.181 e. The summed E-state index contributed by atoms with van der Waals surface area (Å²) in [5, 5.41) is 0. The maximum atomic E-state index is 5.96. The first kappa shape index (κ1) is 11.5. The molecule has 0 radical (unpaired) electrons. The van der Waals surface area contributed by atoms with E-state index in [4.69, 9.17) is 51.1 Å². The van der Waals surface area contributed by atoms with Gasteiger partial charge < -0.3 is 4.74 Å². The van der Waals surface area contributed by atoms with Crippen molar-refractivity contribution in [3.63, 3.8) is 0 Å². The van der Waals surface area contributed by atoms with Crippen LogP contribution >= 0.6 is 46.4 Å². The Bertz CT molecular complexity index is 267. The van der Waals surface area contributed by atoms with Crippen molar-refractivity contribution < 1.29 is 4.74 Å². The van der Waals surface area contributed by atoms with Crippen LogP contribution in [0.2, 0.25) is 0 Å². The van der Waals surface area contributed by atoms with Crippen LogP contribution in [0.5, 0.6) is 0 Å². The SMILES string of the molecule is C=CC1(C)CC(Cl)(Cl)C(=C(Cl)Cl)O1. The Morgan fingerprint density at radius 2 is 2.08 bits per heavy atom. The van der Waals surface area contributed by atoms with E-state index in [-0.39, 0.29) is 10.3 Å². The summed E-state index contributed by atoms with van der Waals surface area (Å²) >= 11 is 23.1. The lowest BCUT2D eigenvalue weighted by Crippen LogP contribution is -2.20. The third kappa shape index (κ3) is 2.27. The molecule has 1 aliphatic heterocycles. The van der Waals surface area contributed by atoms with Crippen LogP contribution in [-0.2, 0) is 4.74 Å². The standard InChI is InChI=1S/C8H8Cl4O/c1-3-7(2)4-8(11,12)5(13-7)6(9)10/h3H,1,4H2,2H3. The molecule has 0 spiro atoms. The van der Waals surface area contributed by atoms with Gasteiger partial charge in [-0.25, -0.2) is 0 Å². The molecule has 1 fully saturated rings. The van der Waals surface area contributed by atoms with Gasteiger partial charge in [0.2, 0.25) is 0 Å². The number of ether oxygens (including phenoxy) is 1. The first-order valence-electron chi connectivity index (χ1n) is 3.57. The Kier molecular flexibility index (Phi) is 3.14. The van der Waals surface area contributed by atoms with E-state index in [1.807, 2.05) is 6.92 Å². The van der Waals surface area contributed by atoms with Gasteiger partial charge in [-0.1, -0.05) is 53.0 Å². The Balaban J connectivity index is 3.06. The zero-order valence-electron chi connectivity index (χ0n) is 6.91. The molecular weight excluding hydrogens is 254 g/mol. The second-order valence-electron chi connectivity index (χ2n) is 3.09. The number of allylic oxidation sites excluding steroid dienone is 1. The molecule has 0 saturated carbocycles. The molecule has 1 heterocycles. The lowest BCUT2D eigenvalue weighted by Gasteiger charge is -2.17. The number of halogens is 4. The molecule has 1 rings (SSSR count). The second-order valence-corrected chi connectivity index (χ2v) is 5.52. The minimum atomic E-state index is -1.16. The van der Waals surface area contributed by atoms with E-state index in [1.54, 1.807) is 6.08 Å². The molecule has 1 saturated heterocycles. The normalized spacial score (nSPS) is 31.3. The molecule has 0 amide bonds. The third-order valence-corrected chi connectivity index (χ3v) is 2.80. The molecular formula is C8H8Cl4O. The number of hydrogen-bond acceptors (Lipinski definition) is 1. The summed E-state index contributed by atoms with van der Waals surface area (Å²) in [5.41, 5.74) is -0.603. The van der Waals surface area contributed by atoms with Crippen molar-refractivity contribution in [1.82, 2.24) is 0 Å². The fraction of sp³-hybridized carbons (Fsp3) is 0.500. The molecule has 0 bridgehead atoms. The molecule has 0 aromatic rings. The van der Waals surface area contributed by atoms with Crippen LogP contribution in [0.4, 0.5) is 0 Å². The Labute approximate surface area is 97.2 Å². The maximum absolute atomic E-state index is 5.96. The van der Waals surface area contributed by atoms with Gasteiger partial charge in [-0.2, -0.15) is 0 Å². The van der Waals surface area contributed by atoms with Crippen LogP contribution in [0.25, 0.3) is 0 Å². The first-order chi connectivity index (χ1) is 5.81. The lowest BCUT2D eigenvalue weighted by molar-refractivity contribution is 0.105. The van der Waals surface area contributed by atoms with Crippen molar-refractivity contribution in [2.24, 2.45) is 0 Å². The van der Waals surface area contributed by atoms with E-state index in [0.29, 0.717) is 6.42 Å². The summed E-state index contributed by atoms with van der Waals surface area (Å²) in [4.78, 5) is 0. The van der Waals surface area contributed by atoms with Crippen molar-refractivity contribution in [2.75, 3.05) is 0 Å². The Morgan fingerprint density at radius 3 is 2.31 bits per heavy atom. The van der Waals surface area contributed by atoms with Gasteiger partial charge in [0.1, 0.15) is 10.1 Å². The zero-order valence-corrected chi connectivity index (χ0v) is 9.94. The van der Waals surface area contributed by atoms with Crippen molar-refractivity contribution in [3.05, 3.63) is 22.9 Å². The van der Waals surface area contributed by atoms with Crippen LogP contribution in [0.1, 0.15) is 13.3 Å². The molecule has 13 heavy (non-hydrogen) atoms. The monoisotopic (exact) mass is 260 g/mol. The summed E-state index contributed by atoms with van der Waals surface area (Å²) in [6, 6.07) is 0. The van der Waals surface area contributed by atoms with Crippen molar-refractivity contribution >= 4 is 46.4 Å². The quantitative estimate of drug-likeness (QED) is 0.509. The van der Waals surface area contributed by atoms with E-state index in [0.717, 1.165) is 0 Å². The van der Waals surface area contributed by atoms with Gasteiger partial charge in [0.15, 0.2) is 10.1 Å². The van der Waals surface area contributed by atoms with E-state index < -0.39 is 9.93 Å². The summed E-state index contributed by atoms with van der Waals surface area (Å²) < 4.78 is 4.20. The summed E-state index contributed by atoms with van der Waals surface area (Å²) in [7, 11) is 0. The van der Waals surface area contributed by atoms with Crippen LogP contribution in [0.3, 0.4) is 0 Å². The molecule has 74 valence electrons. The molecule has 5 heteroatoms. The van der Waals surface area contributed by atoms with Crippen molar-refractivity contribution in [2.45, 2.75) is 23.3 Å². The highest BCUT2D eigenvalue weighted by molar-refractivity contribution is 6.58. The van der Waals surface area contributed by atoms with Crippen molar-refractivity contribution in [1.29, 1.82) is 0 Å². The van der Waals surface area contributed by atoms with E-state index >= 15 is 0 Å². The van der Waals surface area contributed by atoms with Crippen LogP contribution < -0.4 is 0 Å². The molecule has 1 unspecified atom stereocenters. The van der Waals surface area contributed by atoms with Crippen LogP contribution in [0, 0.1) is 0 Å². The average molecular weight is 262 g/mol. The van der Waals surface area contributed by atoms with Gasteiger partial charge in [0, 0.05) is 6.42 Å². The number of hydrogen-bond donors (Lipinski definition) is 0. The minimum Gasteiger partial charge on any atom is -0.482 e. The Morgan fingerprint density at radius 1 is 1.54 bits per heavy atom. The minimum absolute atomic E-state index is 0.0458. The van der Waals surface area contributed by atoms with Gasteiger partial charge in [0.25, 0.3) is 0 Å². The molecule has 1 nitrogen and oxygen atoms in total. The highest BCUT2D eigenvalue weighted by Gasteiger charge is 2.49. The highest BCUT2D eigenvalue weighted by atomic mass is 35.5. The van der Waals surface area contributed by atoms with Gasteiger partial charge in [-0.3, -0.25) is 0 Å². The van der Waals surface area contributed by atoms with E-state index in [1.165, 1.54) is 0 Å². The van der Waals surface area contributed by atoms with Gasteiger partial charge in [-0.15, -0.1) is 0 Å². The maximum Gasteiger partial charge on any atom is 0.181 e. The van der Waals surface area contributed by atoms with E-state index in [9.17, 15) is 0 Å². The largest absolute Gasteiger partial charge is 0.482 e. The lowest BCUT2D eigenvalue weighted by atomic mass is 10.0. The molecule has 1 aliphatic rings. The van der Waals surface area contributed by atoms with Gasteiger partial charge >= 0.3 is 0 Å². The fourth-order valence-electron chi connectivity index (χ4n) is 1.16. The summed E-state index contributed by atoms with van der Waals surface area (Å²) in [5.74, 6) is 0.196. The van der Waals surface area contributed by atoms with Gasteiger partial charge in [-0.05, 0) is 13.0 Å². The molecule has 0 N–H and O–H groups in total. The summed E-state index contributed by atoms with van der Waals surface area (Å²) in [6.07, 6.45) is 2.00.